The van der Waals surface area contributed by atoms with E-state index in [4.69, 9.17) is 9.47 Å². The zero-order valence-electron chi connectivity index (χ0n) is 12.9. The number of benzene rings is 2. The first-order valence-corrected chi connectivity index (χ1v) is 7.11. The quantitative estimate of drug-likeness (QED) is 0.784. The normalized spacial score (nSPS) is 10.6. The van der Waals surface area contributed by atoms with Gasteiger partial charge in [-0.15, -0.1) is 5.10 Å². The smallest absolute Gasteiger partial charge is 0.128 e. The van der Waals surface area contributed by atoms with Crippen molar-refractivity contribution in [2.75, 3.05) is 14.2 Å². The molecule has 0 aliphatic heterocycles. The van der Waals surface area contributed by atoms with Crippen LogP contribution >= 0.6 is 0 Å². The van der Waals surface area contributed by atoms with E-state index in [0.29, 0.717) is 17.1 Å². The van der Waals surface area contributed by atoms with E-state index in [9.17, 15) is 5.11 Å². The lowest BCUT2D eigenvalue weighted by Crippen LogP contribution is -2.01. The number of hydrogen-bond acceptors (Lipinski definition) is 5. The molecule has 0 atom stereocenters. The van der Waals surface area contributed by atoms with Crippen LogP contribution < -0.4 is 9.47 Å². The largest absolute Gasteiger partial charge is 0.497 e. The Morgan fingerprint density at radius 2 is 1.74 bits per heavy atom. The molecule has 2 aromatic carbocycles. The van der Waals surface area contributed by atoms with E-state index in [2.05, 4.69) is 10.3 Å². The summed E-state index contributed by atoms with van der Waals surface area (Å²) in [4.78, 5) is 0. The summed E-state index contributed by atoms with van der Waals surface area (Å²) in [6, 6.07) is 15.0. The van der Waals surface area contributed by atoms with Gasteiger partial charge in [0.1, 0.15) is 22.9 Å². The maximum absolute atomic E-state index is 9.61. The van der Waals surface area contributed by atoms with Gasteiger partial charge in [-0.05, 0) is 36.4 Å². The lowest BCUT2D eigenvalue weighted by atomic mass is 10.1. The molecule has 1 aromatic heterocycles. The van der Waals surface area contributed by atoms with Crippen LogP contribution in [0.5, 0.6) is 11.5 Å². The summed E-state index contributed by atoms with van der Waals surface area (Å²) < 4.78 is 12.3. The number of para-hydroxylation sites is 1. The first-order valence-electron chi connectivity index (χ1n) is 7.11. The maximum Gasteiger partial charge on any atom is 0.128 e. The van der Waals surface area contributed by atoms with Crippen molar-refractivity contribution in [2.24, 2.45) is 0 Å². The molecule has 1 N–H and O–H groups in total. The Hall–Kier alpha value is -2.86. The second-order valence-electron chi connectivity index (χ2n) is 4.85. The van der Waals surface area contributed by atoms with Crippen molar-refractivity contribution in [1.82, 2.24) is 15.0 Å². The standard InChI is InChI=1S/C17H17N3O3/c1-22-13-9-7-12(8-10-13)20-17(15(11-21)18-19-20)14-5-3-4-6-16(14)23-2/h3-10,21H,11H2,1-2H3. The van der Waals surface area contributed by atoms with Crippen LogP contribution in [0.25, 0.3) is 16.9 Å². The summed E-state index contributed by atoms with van der Waals surface area (Å²) in [6.07, 6.45) is 0. The Morgan fingerprint density at radius 3 is 2.39 bits per heavy atom. The summed E-state index contributed by atoms with van der Waals surface area (Å²) in [6.45, 7) is -0.205. The Morgan fingerprint density at radius 1 is 1.00 bits per heavy atom. The fraction of sp³-hybridized carbons (Fsp3) is 0.176. The van der Waals surface area contributed by atoms with Gasteiger partial charge in [-0.25, -0.2) is 4.68 Å². The number of nitrogens with zero attached hydrogens (tertiary/aromatic N) is 3. The van der Waals surface area contributed by atoms with E-state index >= 15 is 0 Å². The van der Waals surface area contributed by atoms with Crippen molar-refractivity contribution >= 4 is 0 Å². The fourth-order valence-electron chi connectivity index (χ4n) is 2.43. The van der Waals surface area contributed by atoms with Gasteiger partial charge in [0.25, 0.3) is 0 Å². The van der Waals surface area contributed by atoms with Crippen molar-refractivity contribution in [3.63, 3.8) is 0 Å². The lowest BCUT2D eigenvalue weighted by molar-refractivity contribution is 0.277. The highest BCUT2D eigenvalue weighted by atomic mass is 16.5. The number of hydrogen-bond donors (Lipinski definition) is 1. The molecule has 0 spiro atoms. The Kier molecular flexibility index (Phi) is 4.25. The highest BCUT2D eigenvalue weighted by Gasteiger charge is 2.18. The van der Waals surface area contributed by atoms with Crippen molar-refractivity contribution in [1.29, 1.82) is 0 Å². The third-order valence-electron chi connectivity index (χ3n) is 3.57. The van der Waals surface area contributed by atoms with Gasteiger partial charge in [0.2, 0.25) is 0 Å². The van der Waals surface area contributed by atoms with Crippen molar-refractivity contribution < 1.29 is 14.6 Å². The van der Waals surface area contributed by atoms with E-state index in [1.807, 2.05) is 48.5 Å². The van der Waals surface area contributed by atoms with Crippen LogP contribution in [-0.4, -0.2) is 34.3 Å². The van der Waals surface area contributed by atoms with E-state index in [1.54, 1.807) is 18.9 Å². The van der Waals surface area contributed by atoms with E-state index in [-0.39, 0.29) is 6.61 Å². The molecule has 1 heterocycles. The first kappa shape index (κ1) is 15.1. The molecule has 0 bridgehead atoms. The van der Waals surface area contributed by atoms with Gasteiger partial charge in [0.15, 0.2) is 0 Å². The average Bonchev–Trinajstić information content (AvgIpc) is 3.05. The monoisotopic (exact) mass is 311 g/mol. The number of rotatable bonds is 5. The minimum absolute atomic E-state index is 0.205. The maximum atomic E-state index is 9.61. The zero-order valence-corrected chi connectivity index (χ0v) is 12.9. The van der Waals surface area contributed by atoms with Crippen LogP contribution in [0.15, 0.2) is 48.5 Å². The van der Waals surface area contributed by atoms with Crippen LogP contribution in [0.2, 0.25) is 0 Å². The SMILES string of the molecule is COc1ccc(-n2nnc(CO)c2-c2ccccc2OC)cc1. The third-order valence-corrected chi connectivity index (χ3v) is 3.57. The molecule has 23 heavy (non-hydrogen) atoms. The average molecular weight is 311 g/mol. The van der Waals surface area contributed by atoms with Gasteiger partial charge in [-0.2, -0.15) is 0 Å². The molecule has 0 fully saturated rings. The highest BCUT2D eigenvalue weighted by molar-refractivity contribution is 5.70. The summed E-state index contributed by atoms with van der Waals surface area (Å²) >= 11 is 0. The number of aliphatic hydroxyl groups excluding tert-OH is 1. The Labute approximate surface area is 133 Å². The summed E-state index contributed by atoms with van der Waals surface area (Å²) in [5, 5.41) is 17.9. The van der Waals surface area contributed by atoms with Crippen LogP contribution in [0, 0.1) is 0 Å². The van der Waals surface area contributed by atoms with Crippen LogP contribution in [0.1, 0.15) is 5.69 Å². The summed E-state index contributed by atoms with van der Waals surface area (Å²) in [7, 11) is 3.23. The predicted octanol–water partition coefficient (Wildman–Crippen LogP) is 2.44. The molecule has 0 aliphatic rings. The zero-order chi connectivity index (χ0) is 16.2. The predicted molar refractivity (Wildman–Crippen MR) is 85.8 cm³/mol. The Balaban J connectivity index is 2.17. The molecule has 0 radical (unpaired) electrons. The molecular formula is C17H17N3O3. The topological polar surface area (TPSA) is 69.4 Å². The molecule has 6 nitrogen and oxygen atoms in total. The molecule has 0 unspecified atom stereocenters. The second kappa shape index (κ2) is 6.50. The molecular weight excluding hydrogens is 294 g/mol. The molecule has 3 rings (SSSR count). The van der Waals surface area contributed by atoms with Gasteiger partial charge in [0, 0.05) is 5.56 Å². The number of aromatic nitrogens is 3. The van der Waals surface area contributed by atoms with Crippen molar-refractivity contribution in [3.8, 4) is 28.4 Å². The van der Waals surface area contributed by atoms with Gasteiger partial charge in [-0.3, -0.25) is 0 Å². The van der Waals surface area contributed by atoms with E-state index < -0.39 is 0 Å². The van der Waals surface area contributed by atoms with Crippen molar-refractivity contribution in [3.05, 3.63) is 54.2 Å². The third kappa shape index (κ3) is 2.76. The number of ether oxygens (including phenoxy) is 2. The number of methoxy groups -OCH3 is 2. The second-order valence-corrected chi connectivity index (χ2v) is 4.85. The van der Waals surface area contributed by atoms with Gasteiger partial charge < -0.3 is 14.6 Å². The summed E-state index contributed by atoms with van der Waals surface area (Å²) in [5.41, 5.74) is 2.83. The van der Waals surface area contributed by atoms with Crippen molar-refractivity contribution in [2.45, 2.75) is 6.61 Å². The molecule has 6 heteroatoms. The van der Waals surface area contributed by atoms with Crippen LogP contribution in [0.3, 0.4) is 0 Å². The van der Waals surface area contributed by atoms with Gasteiger partial charge in [0.05, 0.1) is 26.5 Å². The molecule has 3 aromatic rings. The lowest BCUT2D eigenvalue weighted by Gasteiger charge is -2.11. The molecule has 0 saturated heterocycles. The van der Waals surface area contributed by atoms with Crippen LogP contribution in [0.4, 0.5) is 0 Å². The van der Waals surface area contributed by atoms with E-state index in [0.717, 1.165) is 17.0 Å². The van der Waals surface area contributed by atoms with Crippen LogP contribution in [-0.2, 0) is 6.61 Å². The molecule has 0 aliphatic carbocycles. The fourth-order valence-corrected chi connectivity index (χ4v) is 2.43. The highest BCUT2D eigenvalue weighted by Crippen LogP contribution is 2.33. The summed E-state index contributed by atoms with van der Waals surface area (Å²) in [5.74, 6) is 1.45. The first-order chi connectivity index (χ1) is 11.3. The molecule has 118 valence electrons. The number of aliphatic hydroxyl groups is 1. The van der Waals surface area contributed by atoms with E-state index in [1.165, 1.54) is 0 Å². The van der Waals surface area contributed by atoms with Gasteiger partial charge >= 0.3 is 0 Å². The minimum Gasteiger partial charge on any atom is -0.497 e. The molecule has 0 saturated carbocycles. The molecule has 0 amide bonds. The Bertz CT molecular complexity index is 797. The van der Waals surface area contributed by atoms with Gasteiger partial charge in [-0.1, -0.05) is 17.3 Å². The minimum atomic E-state index is -0.205.